The van der Waals surface area contributed by atoms with Crippen molar-refractivity contribution in [3.8, 4) is 0 Å². The number of aliphatic hydroxyl groups is 1. The van der Waals surface area contributed by atoms with Crippen molar-refractivity contribution in [2.24, 2.45) is 0 Å². The molecular weight excluding hydrogens is 240 g/mol. The lowest BCUT2D eigenvalue weighted by Crippen LogP contribution is -1.96. The maximum Gasteiger partial charge on any atom is 0.178 e. The van der Waals surface area contributed by atoms with Crippen molar-refractivity contribution in [2.45, 2.75) is 28.7 Å². The second-order valence-electron chi connectivity index (χ2n) is 3.27. The predicted octanol–water partition coefficient (Wildman–Crippen LogP) is 3.13. The molecule has 84 valence electrons. The first-order chi connectivity index (χ1) is 7.81. The molecule has 2 rings (SSSR count). The molecule has 0 radical (unpaired) electrons. The molecule has 0 saturated heterocycles. The Morgan fingerprint density at radius 3 is 2.94 bits per heavy atom. The molecule has 0 aliphatic heterocycles. The minimum Gasteiger partial charge on any atom is -0.388 e. The zero-order valence-electron chi connectivity index (χ0n) is 8.83. The van der Waals surface area contributed by atoms with Gasteiger partial charge in [0.1, 0.15) is 5.51 Å². The Bertz CT molecular complexity index is 445. The molecule has 0 saturated carbocycles. The summed E-state index contributed by atoms with van der Waals surface area (Å²) in [4.78, 5) is 1.05. The third-order valence-corrected chi connectivity index (χ3v) is 4.07. The Labute approximate surface area is 103 Å². The van der Waals surface area contributed by atoms with Crippen LogP contribution in [0, 0.1) is 0 Å². The van der Waals surface area contributed by atoms with Crippen molar-refractivity contribution >= 4 is 23.1 Å². The number of hydrogen-bond acceptors (Lipinski definition) is 5. The molecule has 0 aliphatic rings. The van der Waals surface area contributed by atoms with Crippen LogP contribution in [0.1, 0.15) is 25.0 Å². The molecular formula is C11H12N2OS2. The van der Waals surface area contributed by atoms with Crippen molar-refractivity contribution < 1.29 is 5.11 Å². The average molecular weight is 252 g/mol. The van der Waals surface area contributed by atoms with E-state index in [2.05, 4.69) is 10.2 Å². The van der Waals surface area contributed by atoms with E-state index in [1.807, 2.05) is 31.2 Å². The molecule has 1 aromatic carbocycles. The minimum absolute atomic E-state index is 0.406. The first-order valence-electron chi connectivity index (χ1n) is 5.02. The largest absolute Gasteiger partial charge is 0.388 e. The van der Waals surface area contributed by atoms with E-state index < -0.39 is 6.10 Å². The minimum atomic E-state index is -0.406. The van der Waals surface area contributed by atoms with Crippen molar-refractivity contribution in [2.75, 3.05) is 0 Å². The first-order valence-corrected chi connectivity index (χ1v) is 6.72. The third kappa shape index (κ3) is 2.61. The second kappa shape index (κ2) is 5.43. The van der Waals surface area contributed by atoms with Crippen molar-refractivity contribution in [3.05, 3.63) is 35.3 Å². The fourth-order valence-electron chi connectivity index (χ4n) is 1.37. The smallest absolute Gasteiger partial charge is 0.178 e. The molecule has 0 bridgehead atoms. The van der Waals surface area contributed by atoms with Gasteiger partial charge >= 0.3 is 0 Å². The lowest BCUT2D eigenvalue weighted by atomic mass is 10.1. The normalized spacial score (nSPS) is 12.6. The summed E-state index contributed by atoms with van der Waals surface area (Å²) in [5.74, 6) is 0. The van der Waals surface area contributed by atoms with E-state index >= 15 is 0 Å². The van der Waals surface area contributed by atoms with Crippen LogP contribution in [0.2, 0.25) is 0 Å². The summed E-state index contributed by atoms with van der Waals surface area (Å²) >= 11 is 3.05. The van der Waals surface area contributed by atoms with E-state index in [0.717, 1.165) is 14.8 Å². The number of aliphatic hydroxyl groups excluding tert-OH is 1. The van der Waals surface area contributed by atoms with Crippen LogP contribution >= 0.6 is 23.1 Å². The maximum absolute atomic E-state index is 9.89. The summed E-state index contributed by atoms with van der Waals surface area (Å²) in [7, 11) is 0. The van der Waals surface area contributed by atoms with Crippen LogP contribution in [0.25, 0.3) is 0 Å². The first kappa shape index (κ1) is 11.6. The van der Waals surface area contributed by atoms with Crippen LogP contribution in [0.5, 0.6) is 0 Å². The van der Waals surface area contributed by atoms with E-state index in [1.165, 1.54) is 11.3 Å². The van der Waals surface area contributed by atoms with Gasteiger partial charge in [-0.3, -0.25) is 0 Å². The third-order valence-electron chi connectivity index (χ3n) is 2.20. The van der Waals surface area contributed by atoms with Gasteiger partial charge in [-0.1, -0.05) is 48.2 Å². The van der Waals surface area contributed by atoms with Gasteiger partial charge in [-0.25, -0.2) is 0 Å². The standard InChI is InChI=1S/C11H12N2OS2/c1-2-9(14)8-5-3-4-6-10(8)16-11-13-12-7-15-11/h3-7,9,14H,2H2,1H3/t9-/m0/s1. The van der Waals surface area contributed by atoms with Gasteiger partial charge in [0.15, 0.2) is 4.34 Å². The van der Waals surface area contributed by atoms with Crippen molar-refractivity contribution in [1.29, 1.82) is 0 Å². The summed E-state index contributed by atoms with van der Waals surface area (Å²) < 4.78 is 0.899. The fraction of sp³-hybridized carbons (Fsp3) is 0.273. The fourth-order valence-corrected chi connectivity index (χ4v) is 2.98. The lowest BCUT2D eigenvalue weighted by molar-refractivity contribution is 0.171. The van der Waals surface area contributed by atoms with Gasteiger partial charge in [0.25, 0.3) is 0 Å². The van der Waals surface area contributed by atoms with E-state index in [9.17, 15) is 5.11 Å². The highest BCUT2D eigenvalue weighted by molar-refractivity contribution is 8.01. The molecule has 1 heterocycles. The Morgan fingerprint density at radius 1 is 1.44 bits per heavy atom. The lowest BCUT2D eigenvalue weighted by Gasteiger charge is -2.12. The van der Waals surface area contributed by atoms with Gasteiger partial charge < -0.3 is 5.11 Å². The topological polar surface area (TPSA) is 46.0 Å². The molecule has 0 spiro atoms. The van der Waals surface area contributed by atoms with Crippen molar-refractivity contribution in [1.82, 2.24) is 10.2 Å². The SMILES string of the molecule is CC[C@H](O)c1ccccc1Sc1nncs1. The molecule has 16 heavy (non-hydrogen) atoms. The summed E-state index contributed by atoms with van der Waals surface area (Å²) in [5.41, 5.74) is 2.67. The van der Waals surface area contributed by atoms with Gasteiger partial charge in [-0.05, 0) is 18.1 Å². The number of nitrogens with zero attached hydrogens (tertiary/aromatic N) is 2. The highest BCUT2D eigenvalue weighted by Crippen LogP contribution is 2.34. The Hall–Kier alpha value is -0.910. The number of benzene rings is 1. The monoisotopic (exact) mass is 252 g/mol. The van der Waals surface area contributed by atoms with Crippen LogP contribution in [-0.2, 0) is 0 Å². The Morgan fingerprint density at radius 2 is 2.25 bits per heavy atom. The molecule has 0 fully saturated rings. The van der Waals surface area contributed by atoms with Gasteiger partial charge in [0.2, 0.25) is 0 Å². The second-order valence-corrected chi connectivity index (χ2v) is 5.39. The zero-order valence-corrected chi connectivity index (χ0v) is 10.5. The van der Waals surface area contributed by atoms with Crippen LogP contribution in [0.3, 0.4) is 0 Å². The van der Waals surface area contributed by atoms with E-state index in [0.29, 0.717) is 6.42 Å². The summed E-state index contributed by atoms with van der Waals surface area (Å²) in [6, 6.07) is 7.87. The van der Waals surface area contributed by atoms with Crippen LogP contribution in [-0.4, -0.2) is 15.3 Å². The maximum atomic E-state index is 9.89. The number of rotatable bonds is 4. The quantitative estimate of drug-likeness (QED) is 0.908. The highest BCUT2D eigenvalue weighted by Gasteiger charge is 2.11. The average Bonchev–Trinajstić information content (AvgIpc) is 2.82. The summed E-state index contributed by atoms with van der Waals surface area (Å²) in [6.45, 7) is 1.97. The Kier molecular flexibility index (Phi) is 3.93. The summed E-state index contributed by atoms with van der Waals surface area (Å²) in [6.07, 6.45) is 0.310. The van der Waals surface area contributed by atoms with Crippen LogP contribution in [0.15, 0.2) is 39.0 Å². The highest BCUT2D eigenvalue weighted by atomic mass is 32.2. The molecule has 1 atom stereocenters. The van der Waals surface area contributed by atoms with Crippen LogP contribution < -0.4 is 0 Å². The molecule has 0 aliphatic carbocycles. The molecule has 1 aromatic heterocycles. The zero-order chi connectivity index (χ0) is 11.4. The van der Waals surface area contributed by atoms with Crippen LogP contribution in [0.4, 0.5) is 0 Å². The van der Waals surface area contributed by atoms with Crippen molar-refractivity contribution in [3.63, 3.8) is 0 Å². The molecule has 0 unspecified atom stereocenters. The molecule has 3 nitrogen and oxygen atoms in total. The van der Waals surface area contributed by atoms with Gasteiger partial charge in [-0.15, -0.1) is 10.2 Å². The molecule has 0 amide bonds. The Balaban J connectivity index is 2.26. The van der Waals surface area contributed by atoms with Gasteiger partial charge in [0.05, 0.1) is 6.10 Å². The molecule has 5 heteroatoms. The molecule has 1 N–H and O–H groups in total. The number of aromatic nitrogens is 2. The van der Waals surface area contributed by atoms with E-state index in [4.69, 9.17) is 0 Å². The summed E-state index contributed by atoms with van der Waals surface area (Å²) in [5, 5.41) is 17.7. The van der Waals surface area contributed by atoms with E-state index in [1.54, 1.807) is 17.3 Å². The van der Waals surface area contributed by atoms with Gasteiger partial charge in [0, 0.05) is 4.90 Å². The van der Waals surface area contributed by atoms with E-state index in [-0.39, 0.29) is 0 Å². The number of hydrogen-bond donors (Lipinski definition) is 1. The predicted molar refractivity (Wildman–Crippen MR) is 65.7 cm³/mol. The van der Waals surface area contributed by atoms with Gasteiger partial charge in [-0.2, -0.15) is 0 Å². The molecule has 2 aromatic rings.